The Morgan fingerprint density at radius 1 is 1.22 bits per heavy atom. The van der Waals surface area contributed by atoms with E-state index < -0.39 is 0 Å². The Balaban J connectivity index is 1.58. The van der Waals surface area contributed by atoms with Crippen molar-refractivity contribution in [1.29, 1.82) is 0 Å². The molecule has 6 heteroatoms. The number of carbonyl (C=O) groups excluding carboxylic acids is 1. The average molecular weight is 311 g/mol. The quantitative estimate of drug-likeness (QED) is 0.793. The van der Waals surface area contributed by atoms with Crippen LogP contribution in [0.25, 0.3) is 0 Å². The van der Waals surface area contributed by atoms with Crippen LogP contribution >= 0.6 is 0 Å². The molecule has 3 heterocycles. The maximum absolute atomic E-state index is 12.7. The van der Waals surface area contributed by atoms with Gasteiger partial charge in [-0.2, -0.15) is 0 Å². The molecule has 23 heavy (non-hydrogen) atoms. The van der Waals surface area contributed by atoms with Crippen LogP contribution in [-0.4, -0.2) is 26.9 Å². The van der Waals surface area contributed by atoms with Crippen molar-refractivity contribution >= 4 is 11.6 Å². The lowest BCUT2D eigenvalue weighted by atomic mass is 9.75. The Kier molecular flexibility index (Phi) is 3.61. The number of fused-ring (bicyclic) bond motifs is 2. The minimum absolute atomic E-state index is 0.00129. The first-order chi connectivity index (χ1) is 11.3. The van der Waals surface area contributed by atoms with Crippen molar-refractivity contribution in [3.05, 3.63) is 42.2 Å². The SMILES string of the molecule is O=C(Nc1ccncc1)[C@@H]1Cc2[nH]cnc2C2(CCCCC2)N1. The predicted molar refractivity (Wildman–Crippen MR) is 86.8 cm³/mol. The second-order valence-electron chi connectivity index (χ2n) is 6.50. The van der Waals surface area contributed by atoms with Gasteiger partial charge in [-0.05, 0) is 25.0 Å². The smallest absolute Gasteiger partial charge is 0.241 e. The summed E-state index contributed by atoms with van der Waals surface area (Å²) in [5.41, 5.74) is 2.84. The predicted octanol–water partition coefficient (Wildman–Crippen LogP) is 2.12. The lowest BCUT2D eigenvalue weighted by molar-refractivity contribution is -0.119. The molecule has 1 atom stereocenters. The summed E-state index contributed by atoms with van der Waals surface area (Å²) in [6.45, 7) is 0. The number of aromatic amines is 1. The van der Waals surface area contributed by atoms with Gasteiger partial charge in [-0.1, -0.05) is 19.3 Å². The molecule has 1 spiro atoms. The van der Waals surface area contributed by atoms with Gasteiger partial charge in [0.1, 0.15) is 0 Å². The fourth-order valence-corrected chi connectivity index (χ4v) is 3.91. The number of H-pyrrole nitrogens is 1. The largest absolute Gasteiger partial charge is 0.348 e. The van der Waals surface area contributed by atoms with Crippen LogP contribution < -0.4 is 10.6 Å². The number of rotatable bonds is 2. The highest BCUT2D eigenvalue weighted by atomic mass is 16.2. The van der Waals surface area contributed by atoms with Crippen LogP contribution in [0.1, 0.15) is 43.5 Å². The van der Waals surface area contributed by atoms with E-state index >= 15 is 0 Å². The number of carbonyl (C=O) groups is 1. The van der Waals surface area contributed by atoms with Gasteiger partial charge in [0.05, 0.1) is 23.6 Å². The first-order valence-corrected chi connectivity index (χ1v) is 8.28. The van der Waals surface area contributed by atoms with Gasteiger partial charge in [0.25, 0.3) is 0 Å². The molecule has 120 valence electrons. The van der Waals surface area contributed by atoms with E-state index in [0.29, 0.717) is 6.42 Å². The number of nitrogens with zero attached hydrogens (tertiary/aromatic N) is 2. The van der Waals surface area contributed by atoms with E-state index in [2.05, 4.69) is 25.6 Å². The van der Waals surface area contributed by atoms with Gasteiger partial charge in [-0.25, -0.2) is 4.98 Å². The van der Waals surface area contributed by atoms with E-state index in [1.54, 1.807) is 30.9 Å². The summed E-state index contributed by atoms with van der Waals surface area (Å²) in [6, 6.07) is 3.37. The van der Waals surface area contributed by atoms with E-state index in [-0.39, 0.29) is 17.5 Å². The van der Waals surface area contributed by atoms with Crippen LogP contribution in [0, 0.1) is 0 Å². The van der Waals surface area contributed by atoms with E-state index in [4.69, 9.17) is 0 Å². The molecule has 2 aromatic heterocycles. The maximum Gasteiger partial charge on any atom is 0.241 e. The first-order valence-electron chi connectivity index (χ1n) is 8.28. The Morgan fingerprint density at radius 3 is 2.78 bits per heavy atom. The van der Waals surface area contributed by atoms with Crippen molar-refractivity contribution in [3.63, 3.8) is 0 Å². The molecule has 6 nitrogen and oxygen atoms in total. The molecule has 4 rings (SSSR count). The molecule has 0 radical (unpaired) electrons. The van der Waals surface area contributed by atoms with Crippen LogP contribution in [0.2, 0.25) is 0 Å². The summed E-state index contributed by atoms with van der Waals surface area (Å²) in [7, 11) is 0. The Hall–Kier alpha value is -2.21. The summed E-state index contributed by atoms with van der Waals surface area (Å²) >= 11 is 0. The lowest BCUT2D eigenvalue weighted by Gasteiger charge is -2.43. The molecule has 0 aromatic carbocycles. The van der Waals surface area contributed by atoms with Crippen molar-refractivity contribution in [3.8, 4) is 0 Å². The third-order valence-corrected chi connectivity index (χ3v) is 5.00. The van der Waals surface area contributed by atoms with Crippen LogP contribution in [0.3, 0.4) is 0 Å². The molecule has 1 amide bonds. The van der Waals surface area contributed by atoms with Crippen molar-refractivity contribution in [2.75, 3.05) is 5.32 Å². The van der Waals surface area contributed by atoms with Crippen molar-refractivity contribution < 1.29 is 4.79 Å². The zero-order valence-corrected chi connectivity index (χ0v) is 13.0. The average Bonchev–Trinajstić information content (AvgIpc) is 3.06. The topological polar surface area (TPSA) is 82.7 Å². The van der Waals surface area contributed by atoms with Crippen molar-refractivity contribution in [2.45, 2.75) is 50.1 Å². The van der Waals surface area contributed by atoms with Crippen LogP contribution in [0.5, 0.6) is 0 Å². The molecule has 1 fully saturated rings. The monoisotopic (exact) mass is 311 g/mol. The minimum atomic E-state index is -0.241. The Morgan fingerprint density at radius 2 is 2.00 bits per heavy atom. The van der Waals surface area contributed by atoms with Gasteiger partial charge >= 0.3 is 0 Å². The van der Waals surface area contributed by atoms with Gasteiger partial charge < -0.3 is 10.3 Å². The standard InChI is InChI=1S/C17H21N5O/c23-16(21-12-4-8-18-9-5-12)14-10-13-15(20-11-19-13)17(22-14)6-2-1-3-7-17/h4-5,8-9,11,14,22H,1-3,6-7,10H2,(H,19,20)(H,18,21,23)/t14-/m0/s1. The molecule has 0 unspecified atom stereocenters. The summed E-state index contributed by atoms with van der Waals surface area (Å²) in [6.07, 6.45) is 11.5. The normalized spacial score (nSPS) is 22.5. The molecule has 2 aliphatic rings. The second-order valence-corrected chi connectivity index (χ2v) is 6.50. The fourth-order valence-electron chi connectivity index (χ4n) is 3.91. The van der Waals surface area contributed by atoms with Gasteiger partial charge in [-0.15, -0.1) is 0 Å². The van der Waals surface area contributed by atoms with Crippen LogP contribution in [0.15, 0.2) is 30.9 Å². The Labute approximate surface area is 135 Å². The summed E-state index contributed by atoms with van der Waals surface area (Å²) in [5.74, 6) is 0.00129. The zero-order valence-electron chi connectivity index (χ0n) is 13.0. The highest BCUT2D eigenvalue weighted by Crippen LogP contribution is 2.40. The van der Waals surface area contributed by atoms with E-state index in [1.807, 2.05) is 0 Å². The summed E-state index contributed by atoms with van der Waals surface area (Å²) in [5, 5.41) is 6.60. The minimum Gasteiger partial charge on any atom is -0.348 e. The molecule has 0 saturated heterocycles. The molecule has 0 bridgehead atoms. The van der Waals surface area contributed by atoms with Gasteiger partial charge in [-0.3, -0.25) is 15.1 Å². The van der Waals surface area contributed by atoms with E-state index in [0.717, 1.165) is 29.9 Å². The molecule has 1 aliphatic heterocycles. The molecule has 1 saturated carbocycles. The fraction of sp³-hybridized carbons (Fsp3) is 0.471. The lowest BCUT2D eigenvalue weighted by Crippen LogP contribution is -2.57. The highest BCUT2D eigenvalue weighted by Gasteiger charge is 2.44. The number of hydrogen-bond donors (Lipinski definition) is 3. The number of anilines is 1. The molecule has 1 aliphatic carbocycles. The van der Waals surface area contributed by atoms with Crippen molar-refractivity contribution in [1.82, 2.24) is 20.3 Å². The summed E-state index contributed by atoms with van der Waals surface area (Å²) in [4.78, 5) is 24.5. The number of amides is 1. The van der Waals surface area contributed by atoms with Crippen LogP contribution in [0.4, 0.5) is 5.69 Å². The number of nitrogens with one attached hydrogen (secondary N) is 3. The van der Waals surface area contributed by atoms with Gasteiger partial charge in [0, 0.05) is 30.2 Å². The first kappa shape index (κ1) is 14.4. The number of imidazole rings is 1. The second kappa shape index (κ2) is 5.77. The molecule has 3 N–H and O–H groups in total. The number of hydrogen-bond acceptors (Lipinski definition) is 4. The van der Waals surface area contributed by atoms with Gasteiger partial charge in [0.2, 0.25) is 5.91 Å². The van der Waals surface area contributed by atoms with Crippen molar-refractivity contribution in [2.24, 2.45) is 0 Å². The summed E-state index contributed by atoms with van der Waals surface area (Å²) < 4.78 is 0. The Bertz CT molecular complexity index is 690. The van der Waals surface area contributed by atoms with E-state index in [1.165, 1.54) is 19.3 Å². The van der Waals surface area contributed by atoms with Crippen LogP contribution in [-0.2, 0) is 16.8 Å². The zero-order chi connectivity index (χ0) is 15.7. The number of pyridine rings is 1. The molecular weight excluding hydrogens is 290 g/mol. The molecular formula is C17H21N5O. The highest BCUT2D eigenvalue weighted by molar-refractivity contribution is 5.95. The maximum atomic E-state index is 12.7. The number of aromatic nitrogens is 3. The third kappa shape index (κ3) is 2.63. The van der Waals surface area contributed by atoms with E-state index in [9.17, 15) is 4.79 Å². The third-order valence-electron chi connectivity index (χ3n) is 5.00. The van der Waals surface area contributed by atoms with Gasteiger partial charge in [0.15, 0.2) is 0 Å². The molecule has 2 aromatic rings.